The number of rotatable bonds is 7. The molecule has 0 bridgehead atoms. The van der Waals surface area contributed by atoms with Gasteiger partial charge in [0.05, 0.1) is 16.8 Å². The molecular weight excluding hydrogens is 373 g/mol. The van der Waals surface area contributed by atoms with Crippen LogP contribution in [0.15, 0.2) is 47.0 Å². The Morgan fingerprint density at radius 2 is 2.19 bits per heavy atom. The molecule has 0 aliphatic heterocycles. The number of hydrogen-bond acceptors (Lipinski definition) is 4. The van der Waals surface area contributed by atoms with Crippen molar-refractivity contribution < 1.29 is 18.3 Å². The van der Waals surface area contributed by atoms with Crippen LogP contribution in [0.2, 0.25) is 5.02 Å². The third-order valence-electron chi connectivity index (χ3n) is 3.99. The average molecular weight is 392 g/mol. The lowest BCUT2D eigenvalue weighted by molar-refractivity contribution is 0.0906. The van der Waals surface area contributed by atoms with Gasteiger partial charge in [0.15, 0.2) is 5.76 Å². The Hall–Kier alpha value is -2.80. The Morgan fingerprint density at radius 1 is 1.37 bits per heavy atom. The van der Waals surface area contributed by atoms with Crippen LogP contribution in [-0.4, -0.2) is 15.7 Å². The minimum absolute atomic E-state index is 0.0663. The van der Waals surface area contributed by atoms with E-state index in [9.17, 15) is 9.18 Å². The summed E-state index contributed by atoms with van der Waals surface area (Å²) in [5, 5.41) is 7.24. The minimum atomic E-state index is -0.442. The summed E-state index contributed by atoms with van der Waals surface area (Å²) >= 11 is 5.92. The van der Waals surface area contributed by atoms with E-state index in [4.69, 9.17) is 20.8 Å². The molecule has 2 aromatic heterocycles. The summed E-state index contributed by atoms with van der Waals surface area (Å²) in [6, 6.07) is 8.72. The number of aryl methyl sites for hydroxylation is 1. The van der Waals surface area contributed by atoms with Crippen LogP contribution < -0.4 is 10.1 Å². The number of halogens is 2. The maximum Gasteiger partial charge on any atom is 0.287 e. The van der Waals surface area contributed by atoms with Crippen LogP contribution in [0.3, 0.4) is 0 Å². The van der Waals surface area contributed by atoms with E-state index in [2.05, 4.69) is 10.4 Å². The highest BCUT2D eigenvalue weighted by Crippen LogP contribution is 2.26. The second-order valence-electron chi connectivity index (χ2n) is 5.90. The van der Waals surface area contributed by atoms with Crippen molar-refractivity contribution in [3.8, 4) is 5.75 Å². The quantitative estimate of drug-likeness (QED) is 0.649. The Morgan fingerprint density at radius 3 is 2.93 bits per heavy atom. The standard InChI is InChI=1S/C19H19ClFN3O3/c1-3-24-16(8-9-22-24)12(2)23-19(25)18-7-5-14(27-18)11-26-17-6-4-13(21)10-15(17)20/h4-10,12H,3,11H2,1-2H3,(H,23,25). The second kappa shape index (κ2) is 8.26. The van der Waals surface area contributed by atoms with E-state index >= 15 is 0 Å². The fraction of sp³-hybridized carbons (Fsp3) is 0.263. The molecule has 3 aromatic rings. The molecule has 1 amide bonds. The maximum atomic E-state index is 13.0. The number of benzene rings is 1. The topological polar surface area (TPSA) is 69.3 Å². The molecule has 1 atom stereocenters. The van der Waals surface area contributed by atoms with E-state index in [0.29, 0.717) is 11.5 Å². The summed E-state index contributed by atoms with van der Waals surface area (Å²) in [5.41, 5.74) is 0.909. The van der Waals surface area contributed by atoms with Crippen LogP contribution in [0.5, 0.6) is 5.75 Å². The summed E-state index contributed by atoms with van der Waals surface area (Å²) in [6.07, 6.45) is 1.70. The number of nitrogens with one attached hydrogen (secondary N) is 1. The maximum absolute atomic E-state index is 13.0. The predicted octanol–water partition coefficient (Wildman–Crippen LogP) is 4.36. The van der Waals surface area contributed by atoms with Crippen LogP contribution in [-0.2, 0) is 13.2 Å². The number of ether oxygens (including phenoxy) is 1. The average Bonchev–Trinajstić information content (AvgIpc) is 3.30. The van der Waals surface area contributed by atoms with E-state index in [0.717, 1.165) is 12.2 Å². The van der Waals surface area contributed by atoms with Gasteiger partial charge in [-0.1, -0.05) is 11.6 Å². The molecule has 0 fully saturated rings. The summed E-state index contributed by atoms with van der Waals surface area (Å²) in [7, 11) is 0. The van der Waals surface area contributed by atoms with E-state index < -0.39 is 5.82 Å². The highest BCUT2D eigenvalue weighted by molar-refractivity contribution is 6.32. The molecule has 1 aromatic carbocycles. The summed E-state index contributed by atoms with van der Waals surface area (Å²) in [5.74, 6) is 0.183. The van der Waals surface area contributed by atoms with Gasteiger partial charge >= 0.3 is 0 Å². The summed E-state index contributed by atoms with van der Waals surface area (Å²) < 4.78 is 25.9. The smallest absolute Gasteiger partial charge is 0.287 e. The van der Waals surface area contributed by atoms with Crippen molar-refractivity contribution in [2.45, 2.75) is 33.0 Å². The van der Waals surface area contributed by atoms with Crippen molar-refractivity contribution in [3.05, 3.63) is 70.6 Å². The van der Waals surface area contributed by atoms with Gasteiger partial charge < -0.3 is 14.5 Å². The lowest BCUT2D eigenvalue weighted by Crippen LogP contribution is -2.28. The predicted molar refractivity (Wildman–Crippen MR) is 98.2 cm³/mol. The van der Waals surface area contributed by atoms with Gasteiger partial charge in [-0.25, -0.2) is 4.39 Å². The van der Waals surface area contributed by atoms with Crippen LogP contribution in [0.25, 0.3) is 0 Å². The molecule has 0 saturated heterocycles. The van der Waals surface area contributed by atoms with E-state index in [1.165, 1.54) is 18.2 Å². The number of carbonyl (C=O) groups excluding carboxylic acids is 1. The Balaban J connectivity index is 1.60. The Bertz CT molecular complexity index is 938. The molecule has 0 aliphatic carbocycles. The first-order valence-corrected chi connectivity index (χ1v) is 8.85. The van der Waals surface area contributed by atoms with Crippen molar-refractivity contribution >= 4 is 17.5 Å². The molecule has 0 saturated carbocycles. The molecule has 0 spiro atoms. The van der Waals surface area contributed by atoms with Crippen LogP contribution in [0.4, 0.5) is 4.39 Å². The number of nitrogens with zero attached hydrogens (tertiary/aromatic N) is 2. The largest absolute Gasteiger partial charge is 0.484 e. The van der Waals surface area contributed by atoms with Crippen LogP contribution in [0.1, 0.15) is 41.9 Å². The van der Waals surface area contributed by atoms with E-state index in [-0.39, 0.29) is 29.3 Å². The molecule has 3 rings (SSSR count). The van der Waals surface area contributed by atoms with Crippen LogP contribution >= 0.6 is 11.6 Å². The van der Waals surface area contributed by atoms with Gasteiger partial charge in [-0.15, -0.1) is 0 Å². The van der Waals surface area contributed by atoms with Crippen LogP contribution in [0, 0.1) is 5.82 Å². The van der Waals surface area contributed by atoms with Crippen molar-refractivity contribution in [1.82, 2.24) is 15.1 Å². The van der Waals surface area contributed by atoms with Crippen molar-refractivity contribution in [3.63, 3.8) is 0 Å². The van der Waals surface area contributed by atoms with Gasteiger partial charge in [0, 0.05) is 12.7 Å². The lowest BCUT2D eigenvalue weighted by atomic mass is 10.2. The highest BCUT2D eigenvalue weighted by Gasteiger charge is 2.17. The first kappa shape index (κ1) is 19.0. The van der Waals surface area contributed by atoms with Crippen molar-refractivity contribution in [1.29, 1.82) is 0 Å². The van der Waals surface area contributed by atoms with Gasteiger partial charge in [-0.05, 0) is 50.2 Å². The number of furan rings is 1. The number of carbonyl (C=O) groups is 1. The molecular formula is C19H19ClFN3O3. The van der Waals surface area contributed by atoms with E-state index in [1.54, 1.807) is 18.3 Å². The zero-order valence-electron chi connectivity index (χ0n) is 14.9. The molecule has 1 unspecified atom stereocenters. The first-order valence-electron chi connectivity index (χ1n) is 8.47. The fourth-order valence-corrected chi connectivity index (χ4v) is 2.86. The Labute approximate surface area is 160 Å². The second-order valence-corrected chi connectivity index (χ2v) is 6.30. The molecule has 8 heteroatoms. The molecule has 27 heavy (non-hydrogen) atoms. The molecule has 0 radical (unpaired) electrons. The van der Waals surface area contributed by atoms with Gasteiger partial charge in [-0.2, -0.15) is 5.10 Å². The number of amides is 1. The fourth-order valence-electron chi connectivity index (χ4n) is 2.64. The summed E-state index contributed by atoms with van der Waals surface area (Å²) in [6.45, 7) is 4.65. The first-order chi connectivity index (χ1) is 13.0. The van der Waals surface area contributed by atoms with Gasteiger partial charge in [0.1, 0.15) is 23.9 Å². The zero-order valence-corrected chi connectivity index (χ0v) is 15.7. The minimum Gasteiger partial charge on any atom is -0.484 e. The summed E-state index contributed by atoms with van der Waals surface area (Å²) in [4.78, 5) is 12.4. The van der Waals surface area contributed by atoms with Gasteiger partial charge in [0.25, 0.3) is 5.91 Å². The van der Waals surface area contributed by atoms with Crippen molar-refractivity contribution in [2.24, 2.45) is 0 Å². The third kappa shape index (κ3) is 4.49. The monoisotopic (exact) mass is 391 g/mol. The highest BCUT2D eigenvalue weighted by atomic mass is 35.5. The molecule has 6 nitrogen and oxygen atoms in total. The lowest BCUT2D eigenvalue weighted by Gasteiger charge is -2.14. The third-order valence-corrected chi connectivity index (χ3v) is 4.28. The molecule has 0 aliphatic rings. The van der Waals surface area contributed by atoms with E-state index in [1.807, 2.05) is 24.6 Å². The van der Waals surface area contributed by atoms with Gasteiger partial charge in [0.2, 0.25) is 0 Å². The van der Waals surface area contributed by atoms with Crippen molar-refractivity contribution in [2.75, 3.05) is 0 Å². The molecule has 142 valence electrons. The Kier molecular flexibility index (Phi) is 5.81. The SMILES string of the molecule is CCn1nccc1C(C)NC(=O)c1ccc(COc2ccc(F)cc2Cl)o1. The molecule has 2 heterocycles. The number of hydrogen-bond donors (Lipinski definition) is 1. The normalized spacial score (nSPS) is 12.0. The zero-order chi connectivity index (χ0) is 19.4. The number of aromatic nitrogens is 2. The molecule has 1 N–H and O–H groups in total. The van der Waals surface area contributed by atoms with Gasteiger partial charge in [-0.3, -0.25) is 9.48 Å².